The normalized spacial score (nSPS) is 16.2. The van der Waals surface area contributed by atoms with E-state index in [1.807, 2.05) is 47.4 Å². The van der Waals surface area contributed by atoms with Crippen molar-refractivity contribution in [3.05, 3.63) is 48.0 Å². The van der Waals surface area contributed by atoms with Gasteiger partial charge in [-0.1, -0.05) is 18.2 Å². The van der Waals surface area contributed by atoms with Crippen LogP contribution in [0, 0.1) is 0 Å². The molecule has 6 heteroatoms. The van der Waals surface area contributed by atoms with Gasteiger partial charge in [0.2, 0.25) is 12.7 Å². The second-order valence-corrected chi connectivity index (χ2v) is 6.80. The number of hydrogen-bond acceptors (Lipinski definition) is 4. The smallest absolute Gasteiger partial charge is 0.253 e. The number of amides is 2. The van der Waals surface area contributed by atoms with Crippen LogP contribution in [0.2, 0.25) is 0 Å². The zero-order valence-corrected chi connectivity index (χ0v) is 15.3. The molecule has 2 aromatic rings. The van der Waals surface area contributed by atoms with Gasteiger partial charge in [-0.05, 0) is 41.8 Å². The van der Waals surface area contributed by atoms with Crippen LogP contribution >= 0.6 is 0 Å². The van der Waals surface area contributed by atoms with Gasteiger partial charge in [-0.25, -0.2) is 0 Å². The van der Waals surface area contributed by atoms with Crippen molar-refractivity contribution < 1.29 is 19.1 Å². The molecule has 0 aromatic heterocycles. The number of hydrogen-bond donors (Lipinski definition) is 0. The molecular weight excluding hydrogens is 344 g/mol. The lowest BCUT2D eigenvalue weighted by Crippen LogP contribution is -2.36. The molecular formula is C21H22N2O4. The Hall–Kier alpha value is -3.02. The Kier molecular flexibility index (Phi) is 4.71. The van der Waals surface area contributed by atoms with Crippen LogP contribution in [0.3, 0.4) is 0 Å². The first-order chi connectivity index (χ1) is 13.1. The van der Waals surface area contributed by atoms with Gasteiger partial charge in [0.05, 0.1) is 0 Å². The van der Waals surface area contributed by atoms with Gasteiger partial charge in [0.25, 0.3) is 5.91 Å². The Labute approximate surface area is 158 Å². The maximum atomic E-state index is 12.8. The first-order valence-electron chi connectivity index (χ1n) is 9.17. The van der Waals surface area contributed by atoms with E-state index in [4.69, 9.17) is 9.47 Å². The summed E-state index contributed by atoms with van der Waals surface area (Å²) in [4.78, 5) is 28.0. The summed E-state index contributed by atoms with van der Waals surface area (Å²) in [5, 5.41) is 0. The lowest BCUT2D eigenvalue weighted by atomic mass is 10.0. The van der Waals surface area contributed by atoms with E-state index in [-0.39, 0.29) is 18.6 Å². The van der Waals surface area contributed by atoms with Gasteiger partial charge in [-0.3, -0.25) is 9.59 Å². The minimum absolute atomic E-state index is 0.0117. The third-order valence-electron chi connectivity index (χ3n) is 5.07. The van der Waals surface area contributed by atoms with E-state index >= 15 is 0 Å². The van der Waals surface area contributed by atoms with Gasteiger partial charge >= 0.3 is 0 Å². The van der Waals surface area contributed by atoms with E-state index in [0.29, 0.717) is 31.7 Å². The van der Waals surface area contributed by atoms with E-state index in [1.165, 1.54) is 0 Å². The van der Waals surface area contributed by atoms with E-state index in [2.05, 4.69) is 0 Å². The third kappa shape index (κ3) is 3.60. The van der Waals surface area contributed by atoms with E-state index in [0.717, 1.165) is 29.0 Å². The van der Waals surface area contributed by atoms with Crippen LogP contribution in [-0.4, -0.2) is 54.6 Å². The SMILES string of the molecule is CC(=O)N1CCCN(C(=O)c2ccc(-c3ccc4c(c3)OCO4)cc2)CC1. The maximum Gasteiger partial charge on any atom is 0.253 e. The second kappa shape index (κ2) is 7.31. The van der Waals surface area contributed by atoms with Crippen molar-refractivity contribution in [1.29, 1.82) is 0 Å². The average molecular weight is 366 g/mol. The first kappa shape index (κ1) is 17.4. The Morgan fingerprint density at radius 2 is 1.48 bits per heavy atom. The van der Waals surface area contributed by atoms with Crippen molar-refractivity contribution in [3.8, 4) is 22.6 Å². The Balaban J connectivity index is 1.47. The molecule has 0 aliphatic carbocycles. The fourth-order valence-electron chi connectivity index (χ4n) is 3.50. The Bertz CT molecular complexity index is 863. The molecule has 2 aliphatic rings. The topological polar surface area (TPSA) is 59.1 Å². The molecule has 6 nitrogen and oxygen atoms in total. The quantitative estimate of drug-likeness (QED) is 0.820. The number of fused-ring (bicyclic) bond motifs is 1. The predicted octanol–water partition coefficient (Wildman–Crippen LogP) is 2.78. The van der Waals surface area contributed by atoms with Crippen LogP contribution < -0.4 is 9.47 Å². The number of rotatable bonds is 2. The molecule has 1 fully saturated rings. The van der Waals surface area contributed by atoms with Crippen LogP contribution in [0.5, 0.6) is 11.5 Å². The molecule has 2 aromatic carbocycles. The summed E-state index contributed by atoms with van der Waals surface area (Å²) in [6.07, 6.45) is 0.806. The summed E-state index contributed by atoms with van der Waals surface area (Å²) < 4.78 is 10.8. The van der Waals surface area contributed by atoms with Crippen molar-refractivity contribution in [2.75, 3.05) is 33.0 Å². The Morgan fingerprint density at radius 3 is 2.26 bits per heavy atom. The average Bonchev–Trinajstić information content (AvgIpc) is 3.01. The highest BCUT2D eigenvalue weighted by molar-refractivity contribution is 5.94. The van der Waals surface area contributed by atoms with Gasteiger partial charge < -0.3 is 19.3 Å². The molecule has 0 spiro atoms. The summed E-state index contributed by atoms with van der Waals surface area (Å²) in [7, 11) is 0. The van der Waals surface area contributed by atoms with Gasteiger partial charge in [0.15, 0.2) is 11.5 Å². The first-order valence-corrected chi connectivity index (χ1v) is 9.17. The molecule has 2 heterocycles. The highest BCUT2D eigenvalue weighted by Crippen LogP contribution is 2.35. The van der Waals surface area contributed by atoms with Gasteiger partial charge in [-0.2, -0.15) is 0 Å². The molecule has 0 atom stereocenters. The van der Waals surface area contributed by atoms with Crippen LogP contribution in [-0.2, 0) is 4.79 Å². The summed E-state index contributed by atoms with van der Waals surface area (Å²) >= 11 is 0. The minimum atomic E-state index is 0.0117. The van der Waals surface area contributed by atoms with E-state index in [1.54, 1.807) is 11.8 Å². The fraction of sp³-hybridized carbons (Fsp3) is 0.333. The zero-order valence-electron chi connectivity index (χ0n) is 15.3. The number of nitrogens with zero attached hydrogens (tertiary/aromatic N) is 2. The van der Waals surface area contributed by atoms with Crippen LogP contribution in [0.1, 0.15) is 23.7 Å². The summed E-state index contributed by atoms with van der Waals surface area (Å²) in [5.41, 5.74) is 2.70. The zero-order chi connectivity index (χ0) is 18.8. The summed E-state index contributed by atoms with van der Waals surface area (Å²) in [6, 6.07) is 13.4. The number of carbonyl (C=O) groups excluding carboxylic acids is 2. The third-order valence-corrected chi connectivity index (χ3v) is 5.07. The largest absolute Gasteiger partial charge is 0.454 e. The lowest BCUT2D eigenvalue weighted by molar-refractivity contribution is -0.128. The molecule has 1 saturated heterocycles. The lowest BCUT2D eigenvalue weighted by Gasteiger charge is -2.21. The van der Waals surface area contributed by atoms with Crippen molar-refractivity contribution in [1.82, 2.24) is 9.80 Å². The summed E-state index contributed by atoms with van der Waals surface area (Å²) in [5.74, 6) is 1.58. The van der Waals surface area contributed by atoms with Crippen LogP contribution in [0.25, 0.3) is 11.1 Å². The number of benzene rings is 2. The number of carbonyl (C=O) groups is 2. The van der Waals surface area contributed by atoms with E-state index < -0.39 is 0 Å². The maximum absolute atomic E-state index is 12.8. The second-order valence-electron chi connectivity index (χ2n) is 6.80. The van der Waals surface area contributed by atoms with Crippen LogP contribution in [0.4, 0.5) is 0 Å². The fourth-order valence-corrected chi connectivity index (χ4v) is 3.50. The minimum Gasteiger partial charge on any atom is -0.454 e. The molecule has 27 heavy (non-hydrogen) atoms. The molecule has 140 valence electrons. The molecule has 0 bridgehead atoms. The van der Waals surface area contributed by atoms with Crippen LogP contribution in [0.15, 0.2) is 42.5 Å². The van der Waals surface area contributed by atoms with Gasteiger partial charge in [0, 0.05) is 38.7 Å². The molecule has 2 amide bonds. The summed E-state index contributed by atoms with van der Waals surface area (Å²) in [6.45, 7) is 4.38. The molecule has 2 aliphatic heterocycles. The van der Waals surface area contributed by atoms with Crippen molar-refractivity contribution in [2.24, 2.45) is 0 Å². The molecule has 0 radical (unpaired) electrons. The molecule has 0 unspecified atom stereocenters. The van der Waals surface area contributed by atoms with Gasteiger partial charge in [-0.15, -0.1) is 0 Å². The van der Waals surface area contributed by atoms with Crippen molar-refractivity contribution >= 4 is 11.8 Å². The monoisotopic (exact) mass is 366 g/mol. The van der Waals surface area contributed by atoms with Crippen molar-refractivity contribution in [3.63, 3.8) is 0 Å². The van der Waals surface area contributed by atoms with Crippen molar-refractivity contribution in [2.45, 2.75) is 13.3 Å². The predicted molar refractivity (Wildman–Crippen MR) is 101 cm³/mol. The number of ether oxygens (including phenoxy) is 2. The van der Waals surface area contributed by atoms with Gasteiger partial charge in [0.1, 0.15) is 0 Å². The molecule has 4 rings (SSSR count). The highest BCUT2D eigenvalue weighted by Gasteiger charge is 2.21. The van der Waals surface area contributed by atoms with E-state index in [9.17, 15) is 9.59 Å². The molecule has 0 N–H and O–H groups in total. The molecule has 0 saturated carbocycles. The Morgan fingerprint density at radius 1 is 0.815 bits per heavy atom. The standard InChI is InChI=1S/C21H22N2O4/c1-15(24)22-9-2-10-23(12-11-22)21(25)17-5-3-16(4-6-17)18-7-8-19-20(13-18)27-14-26-19/h3-8,13H,2,9-12,14H2,1H3. The highest BCUT2D eigenvalue weighted by atomic mass is 16.7.